The van der Waals surface area contributed by atoms with Gasteiger partial charge in [-0.1, -0.05) is 6.07 Å². The molecule has 0 fully saturated rings. The fraction of sp³-hybridized carbons (Fsp3) is 0.308. The van der Waals surface area contributed by atoms with Crippen molar-refractivity contribution in [1.82, 2.24) is 9.78 Å². The number of nitrogens with one attached hydrogen (secondary N) is 1. The molecule has 0 atom stereocenters. The first-order chi connectivity index (χ1) is 8.97. The third-order valence-electron chi connectivity index (χ3n) is 2.77. The van der Waals surface area contributed by atoms with Crippen molar-refractivity contribution >= 4 is 5.69 Å². The van der Waals surface area contributed by atoms with E-state index < -0.39 is 11.7 Å². The van der Waals surface area contributed by atoms with Gasteiger partial charge in [0, 0.05) is 24.6 Å². The smallest absolute Gasteiger partial charge is 0.383 e. The number of hydrogen-bond donors (Lipinski definition) is 1. The topological polar surface area (TPSA) is 29.9 Å². The van der Waals surface area contributed by atoms with Crippen LogP contribution in [-0.2, 0) is 12.7 Å². The van der Waals surface area contributed by atoms with Gasteiger partial charge in [0.25, 0.3) is 0 Å². The number of aromatic nitrogens is 2. The van der Waals surface area contributed by atoms with Crippen LogP contribution in [0.3, 0.4) is 0 Å². The Morgan fingerprint density at radius 2 is 2.11 bits per heavy atom. The average Bonchev–Trinajstić information content (AvgIpc) is 2.83. The molecule has 0 unspecified atom stereocenters. The van der Waals surface area contributed by atoms with Gasteiger partial charge in [-0.15, -0.1) is 0 Å². The molecule has 0 aliphatic rings. The van der Waals surface area contributed by atoms with E-state index in [1.807, 2.05) is 0 Å². The first kappa shape index (κ1) is 13.5. The summed E-state index contributed by atoms with van der Waals surface area (Å²) in [7, 11) is 0. The lowest BCUT2D eigenvalue weighted by Gasteiger charge is -2.13. The largest absolute Gasteiger partial charge is 0.416 e. The number of halogens is 3. The molecule has 2 aromatic rings. The molecule has 1 heterocycles. The summed E-state index contributed by atoms with van der Waals surface area (Å²) in [4.78, 5) is 0. The predicted octanol–water partition coefficient (Wildman–Crippen LogP) is 3.32. The molecular formula is C13H14F3N3. The first-order valence-electron chi connectivity index (χ1n) is 5.86. The number of rotatable bonds is 4. The fourth-order valence-corrected chi connectivity index (χ4v) is 1.78. The van der Waals surface area contributed by atoms with Crippen LogP contribution in [0.5, 0.6) is 0 Å². The highest BCUT2D eigenvalue weighted by Crippen LogP contribution is 2.33. The Hall–Kier alpha value is -1.98. The molecule has 1 aromatic heterocycles. The van der Waals surface area contributed by atoms with Gasteiger partial charge in [-0.3, -0.25) is 4.68 Å². The summed E-state index contributed by atoms with van der Waals surface area (Å²) in [5.74, 6) is 0. The average molecular weight is 269 g/mol. The molecule has 0 amide bonds. The van der Waals surface area contributed by atoms with Crippen LogP contribution in [0.4, 0.5) is 18.9 Å². The van der Waals surface area contributed by atoms with Gasteiger partial charge in [-0.25, -0.2) is 0 Å². The molecule has 0 saturated heterocycles. The molecule has 0 aliphatic carbocycles. The van der Waals surface area contributed by atoms with Gasteiger partial charge in [0.15, 0.2) is 0 Å². The highest BCUT2D eigenvalue weighted by Gasteiger charge is 2.32. The van der Waals surface area contributed by atoms with Gasteiger partial charge in [0.05, 0.1) is 12.1 Å². The molecule has 19 heavy (non-hydrogen) atoms. The lowest BCUT2D eigenvalue weighted by atomic mass is 10.1. The van der Waals surface area contributed by atoms with E-state index >= 15 is 0 Å². The zero-order chi connectivity index (χ0) is 13.9. The maximum atomic E-state index is 12.7. The molecule has 6 heteroatoms. The number of alkyl halides is 3. The van der Waals surface area contributed by atoms with E-state index in [-0.39, 0.29) is 5.56 Å². The molecule has 2 rings (SSSR count). The minimum atomic E-state index is -4.32. The zero-order valence-corrected chi connectivity index (χ0v) is 10.4. The summed E-state index contributed by atoms with van der Waals surface area (Å²) in [5.41, 5.74) is 0.0896. The van der Waals surface area contributed by atoms with Gasteiger partial charge in [0.2, 0.25) is 0 Å². The lowest BCUT2D eigenvalue weighted by Crippen LogP contribution is -2.12. The van der Waals surface area contributed by atoms with Crippen molar-refractivity contribution in [3.8, 4) is 0 Å². The van der Waals surface area contributed by atoms with Crippen LogP contribution in [0.2, 0.25) is 0 Å². The van der Waals surface area contributed by atoms with Gasteiger partial charge in [-0.05, 0) is 30.7 Å². The molecule has 0 bridgehead atoms. The van der Waals surface area contributed by atoms with Gasteiger partial charge in [0.1, 0.15) is 0 Å². The Morgan fingerprint density at radius 1 is 1.32 bits per heavy atom. The number of nitrogens with zero attached hydrogens (tertiary/aromatic N) is 2. The highest BCUT2D eigenvalue weighted by atomic mass is 19.4. The van der Waals surface area contributed by atoms with Crippen molar-refractivity contribution in [3.63, 3.8) is 0 Å². The number of benzene rings is 1. The van der Waals surface area contributed by atoms with Crippen molar-refractivity contribution in [3.05, 3.63) is 47.8 Å². The maximum absolute atomic E-state index is 12.7. The lowest BCUT2D eigenvalue weighted by molar-refractivity contribution is -0.138. The van der Waals surface area contributed by atoms with Crippen molar-refractivity contribution in [2.24, 2.45) is 0 Å². The van der Waals surface area contributed by atoms with Crippen LogP contribution in [0.15, 0.2) is 36.7 Å². The monoisotopic (exact) mass is 269 g/mol. The molecule has 0 spiro atoms. The van der Waals surface area contributed by atoms with E-state index in [0.29, 0.717) is 18.8 Å². The van der Waals surface area contributed by atoms with E-state index in [1.165, 1.54) is 13.0 Å². The normalized spacial score (nSPS) is 11.6. The summed E-state index contributed by atoms with van der Waals surface area (Å²) in [5, 5.41) is 6.98. The summed E-state index contributed by atoms with van der Waals surface area (Å²) < 4.78 is 39.9. The van der Waals surface area contributed by atoms with Crippen LogP contribution >= 0.6 is 0 Å². The third-order valence-corrected chi connectivity index (χ3v) is 2.77. The minimum Gasteiger partial charge on any atom is -0.383 e. The van der Waals surface area contributed by atoms with Gasteiger partial charge in [-0.2, -0.15) is 18.3 Å². The SMILES string of the molecule is Cc1ccc(NCCn2cccn2)cc1C(F)(F)F. The molecule has 1 aromatic carbocycles. The number of anilines is 1. The third kappa shape index (κ3) is 3.49. The molecule has 0 saturated carbocycles. The van der Waals surface area contributed by atoms with Crippen LogP contribution < -0.4 is 5.32 Å². The number of aryl methyl sites for hydroxylation is 1. The zero-order valence-electron chi connectivity index (χ0n) is 10.4. The molecule has 1 N–H and O–H groups in total. The summed E-state index contributed by atoms with van der Waals surface area (Å²) in [6.45, 7) is 2.57. The van der Waals surface area contributed by atoms with E-state index in [2.05, 4.69) is 10.4 Å². The molecule has 0 radical (unpaired) electrons. The van der Waals surface area contributed by atoms with Crippen LogP contribution in [0.1, 0.15) is 11.1 Å². The van der Waals surface area contributed by atoms with Crippen molar-refractivity contribution in [2.45, 2.75) is 19.6 Å². The predicted molar refractivity (Wildman–Crippen MR) is 66.9 cm³/mol. The molecular weight excluding hydrogens is 255 g/mol. The first-order valence-corrected chi connectivity index (χ1v) is 5.86. The fourth-order valence-electron chi connectivity index (χ4n) is 1.78. The van der Waals surface area contributed by atoms with E-state index in [0.717, 1.165) is 6.07 Å². The Labute approximate surface area is 109 Å². The quantitative estimate of drug-likeness (QED) is 0.922. The Balaban J connectivity index is 2.01. The van der Waals surface area contributed by atoms with Crippen LogP contribution in [0, 0.1) is 6.92 Å². The minimum absolute atomic E-state index is 0.227. The van der Waals surface area contributed by atoms with Gasteiger partial charge < -0.3 is 5.32 Å². The highest BCUT2D eigenvalue weighted by molar-refractivity contribution is 5.49. The Bertz CT molecular complexity index is 533. The molecule has 102 valence electrons. The van der Waals surface area contributed by atoms with Crippen molar-refractivity contribution in [2.75, 3.05) is 11.9 Å². The Kier molecular flexibility index (Phi) is 3.78. The molecule has 0 aliphatic heterocycles. The van der Waals surface area contributed by atoms with Crippen LogP contribution in [0.25, 0.3) is 0 Å². The number of hydrogen-bond acceptors (Lipinski definition) is 2. The van der Waals surface area contributed by atoms with Crippen molar-refractivity contribution < 1.29 is 13.2 Å². The maximum Gasteiger partial charge on any atom is 0.416 e. The van der Waals surface area contributed by atoms with Crippen LogP contribution in [-0.4, -0.2) is 16.3 Å². The molecule has 3 nitrogen and oxygen atoms in total. The summed E-state index contributed by atoms with van der Waals surface area (Å²) >= 11 is 0. The summed E-state index contributed by atoms with van der Waals surface area (Å²) in [6, 6.07) is 6.05. The second-order valence-corrected chi connectivity index (χ2v) is 4.22. The summed E-state index contributed by atoms with van der Waals surface area (Å²) in [6.07, 6.45) is -0.852. The van der Waals surface area contributed by atoms with Gasteiger partial charge >= 0.3 is 6.18 Å². The van der Waals surface area contributed by atoms with E-state index in [1.54, 1.807) is 29.2 Å². The Morgan fingerprint density at radius 3 is 2.74 bits per heavy atom. The van der Waals surface area contributed by atoms with E-state index in [9.17, 15) is 13.2 Å². The second-order valence-electron chi connectivity index (χ2n) is 4.22. The van der Waals surface area contributed by atoms with E-state index in [4.69, 9.17) is 0 Å². The van der Waals surface area contributed by atoms with Crippen molar-refractivity contribution in [1.29, 1.82) is 0 Å². The second kappa shape index (κ2) is 5.34. The standard InChI is InChI=1S/C13H14F3N3/c1-10-3-4-11(9-12(10)13(14,15)16)17-6-8-19-7-2-5-18-19/h2-5,7,9,17H,6,8H2,1H3.